The quantitative estimate of drug-likeness (QED) is 0.630. The number of anilines is 2. The van der Waals surface area contributed by atoms with E-state index in [0.29, 0.717) is 33.1 Å². The van der Waals surface area contributed by atoms with Gasteiger partial charge in [0, 0.05) is 18.7 Å². The molecule has 1 atom stereocenters. The summed E-state index contributed by atoms with van der Waals surface area (Å²) in [6, 6.07) is 6.42. The fraction of sp³-hybridized carbons (Fsp3) is 0.300. The molecule has 0 saturated heterocycles. The Morgan fingerprint density at radius 1 is 1.37 bits per heavy atom. The van der Waals surface area contributed by atoms with E-state index in [-0.39, 0.29) is 17.9 Å². The predicted molar refractivity (Wildman–Crippen MR) is 127 cm³/mol. The number of aromatic nitrogens is 1. The van der Waals surface area contributed by atoms with Crippen LogP contribution in [0.25, 0.3) is 0 Å². The summed E-state index contributed by atoms with van der Waals surface area (Å²) in [6.07, 6.45) is 1.95. The molecule has 3 rings (SSSR count). The number of carbonyl (C=O) groups is 2. The maximum Gasteiger partial charge on any atom is 0.253 e. The van der Waals surface area contributed by atoms with Gasteiger partial charge in [0.05, 0.1) is 16.3 Å². The predicted octanol–water partition coefficient (Wildman–Crippen LogP) is 2.37. The Bertz CT molecular complexity index is 1030. The van der Waals surface area contributed by atoms with Crippen LogP contribution in [0, 0.1) is 6.92 Å². The Labute approximate surface area is 189 Å². The van der Waals surface area contributed by atoms with Crippen molar-refractivity contribution in [2.24, 2.45) is 5.10 Å². The molecule has 1 aromatic heterocycles. The Balaban J connectivity index is 1.92. The van der Waals surface area contributed by atoms with Crippen LogP contribution in [0.3, 0.4) is 0 Å². The molecule has 1 aromatic carbocycles. The summed E-state index contributed by atoms with van der Waals surface area (Å²) in [4.78, 5) is 30.2. The van der Waals surface area contributed by atoms with Crippen LogP contribution in [0.15, 0.2) is 35.6 Å². The van der Waals surface area contributed by atoms with E-state index in [9.17, 15) is 9.59 Å². The second-order valence-corrected chi connectivity index (χ2v) is 8.79. The van der Waals surface area contributed by atoms with Gasteiger partial charge in [0.2, 0.25) is 5.91 Å². The summed E-state index contributed by atoms with van der Waals surface area (Å²) in [5.74, 6) is -0.145. The van der Waals surface area contributed by atoms with Gasteiger partial charge in [-0.3, -0.25) is 9.59 Å². The van der Waals surface area contributed by atoms with E-state index >= 15 is 0 Å². The van der Waals surface area contributed by atoms with Crippen LogP contribution >= 0.6 is 27.5 Å². The van der Waals surface area contributed by atoms with Crippen molar-refractivity contribution < 1.29 is 9.59 Å². The molecule has 10 heteroatoms. The zero-order valence-electron chi connectivity index (χ0n) is 17.2. The molecule has 1 aliphatic rings. The van der Waals surface area contributed by atoms with Crippen LogP contribution in [-0.4, -0.2) is 41.3 Å². The van der Waals surface area contributed by atoms with Gasteiger partial charge in [0.15, 0.2) is 5.82 Å². The molecule has 2 amide bonds. The van der Waals surface area contributed by atoms with E-state index in [1.165, 1.54) is 5.01 Å². The molecule has 0 bridgehead atoms. The summed E-state index contributed by atoms with van der Waals surface area (Å²) < 4.78 is 0.614. The average Bonchev–Trinajstić information content (AvgIpc) is 3.05. The number of hydrazone groups is 1. The van der Waals surface area contributed by atoms with Gasteiger partial charge in [-0.05, 0) is 54.4 Å². The third kappa shape index (κ3) is 4.84. The van der Waals surface area contributed by atoms with Crippen molar-refractivity contribution in [2.75, 3.05) is 10.3 Å². The van der Waals surface area contributed by atoms with Crippen LogP contribution in [0.2, 0.25) is 5.02 Å². The largest absolute Gasteiger partial charge is 0.350 e. The molecular weight excluding hydrogens is 468 g/mol. The summed E-state index contributed by atoms with van der Waals surface area (Å²) >= 11 is 9.64. The van der Waals surface area contributed by atoms with Crippen molar-refractivity contribution in [3.63, 3.8) is 0 Å². The first-order valence-corrected chi connectivity index (χ1v) is 10.7. The first-order valence-electron chi connectivity index (χ1n) is 9.53. The van der Waals surface area contributed by atoms with Crippen molar-refractivity contribution >= 4 is 68.8 Å². The molecule has 156 valence electrons. The van der Waals surface area contributed by atoms with Gasteiger partial charge in [-0.1, -0.05) is 29.2 Å². The van der Waals surface area contributed by atoms with E-state index in [4.69, 9.17) is 11.6 Å². The molecule has 2 heterocycles. The molecule has 1 unspecified atom stereocenters. The van der Waals surface area contributed by atoms with Crippen molar-refractivity contribution in [3.05, 3.63) is 46.6 Å². The van der Waals surface area contributed by atoms with E-state index in [2.05, 4.69) is 36.6 Å². The number of nitrogens with zero attached hydrogens (tertiary/aromatic N) is 3. The number of benzene rings is 1. The lowest BCUT2D eigenvalue weighted by Crippen LogP contribution is -2.40. The van der Waals surface area contributed by atoms with E-state index in [1.54, 1.807) is 24.4 Å². The third-order valence-corrected chi connectivity index (χ3v) is 5.30. The number of halogens is 2. The number of amides is 2. The Morgan fingerprint density at radius 3 is 2.77 bits per heavy atom. The molecule has 0 spiro atoms. The topological polar surface area (TPSA) is 86.7 Å². The van der Waals surface area contributed by atoms with Gasteiger partial charge in [-0.25, -0.2) is 9.99 Å². The molecule has 0 fully saturated rings. The Hall–Kier alpha value is -2.39. The number of aryl methyl sites for hydroxylation is 1. The highest BCUT2D eigenvalue weighted by Crippen LogP contribution is 2.31. The third-order valence-electron chi connectivity index (χ3n) is 4.52. The number of pyridine rings is 1. The smallest absolute Gasteiger partial charge is 0.253 e. The molecule has 30 heavy (non-hydrogen) atoms. The molecule has 0 radical (unpaired) electrons. The van der Waals surface area contributed by atoms with Crippen molar-refractivity contribution in [2.45, 2.75) is 39.3 Å². The Morgan fingerprint density at radius 2 is 2.10 bits per heavy atom. The molecule has 7 nitrogen and oxygen atoms in total. The first-order chi connectivity index (χ1) is 14.2. The normalized spacial score (nSPS) is 15.9. The summed E-state index contributed by atoms with van der Waals surface area (Å²) in [5, 5.41) is 12.1. The molecule has 0 saturated carbocycles. The summed E-state index contributed by atoms with van der Waals surface area (Å²) in [7, 11) is 1.91. The second-order valence-electron chi connectivity index (χ2n) is 7.47. The maximum atomic E-state index is 13.2. The molecule has 2 N–H and O–H groups in total. The van der Waals surface area contributed by atoms with Gasteiger partial charge in [0.1, 0.15) is 18.5 Å². The fourth-order valence-electron chi connectivity index (χ4n) is 3.28. The molecular formula is C20H22BBrClN5O2. The van der Waals surface area contributed by atoms with Crippen LogP contribution in [0.5, 0.6) is 0 Å². The SMILES string of the molecule is Bc1cc(C)c(NC(=O)C2CC(Br)=NN2c2ncccc2Cl)c(C(=O)NC(C)C)c1. The number of hydrogen-bond acceptors (Lipinski definition) is 5. The van der Waals surface area contributed by atoms with E-state index in [1.807, 2.05) is 34.7 Å². The van der Waals surface area contributed by atoms with Gasteiger partial charge in [0.25, 0.3) is 5.91 Å². The molecule has 1 aliphatic heterocycles. The Kier molecular flexibility index (Phi) is 6.82. The van der Waals surface area contributed by atoms with E-state index < -0.39 is 6.04 Å². The maximum absolute atomic E-state index is 13.2. The van der Waals surface area contributed by atoms with Crippen molar-refractivity contribution in [3.8, 4) is 0 Å². The summed E-state index contributed by atoms with van der Waals surface area (Å²) in [5.41, 5.74) is 2.65. The zero-order valence-corrected chi connectivity index (χ0v) is 19.5. The van der Waals surface area contributed by atoms with Gasteiger partial charge >= 0.3 is 0 Å². The molecule has 2 aromatic rings. The van der Waals surface area contributed by atoms with E-state index in [0.717, 1.165) is 11.0 Å². The highest BCUT2D eigenvalue weighted by atomic mass is 79.9. The number of nitrogens with one attached hydrogen (secondary N) is 2. The highest BCUT2D eigenvalue weighted by molar-refractivity contribution is 9.18. The van der Waals surface area contributed by atoms with Crippen LogP contribution in [0.1, 0.15) is 36.2 Å². The monoisotopic (exact) mass is 489 g/mol. The number of carbonyl (C=O) groups excluding carboxylic acids is 2. The van der Waals surface area contributed by atoms with Gasteiger partial charge in [-0.2, -0.15) is 5.10 Å². The molecule has 0 aliphatic carbocycles. The minimum absolute atomic E-state index is 0.0251. The van der Waals surface area contributed by atoms with Crippen LogP contribution in [-0.2, 0) is 4.79 Å². The van der Waals surface area contributed by atoms with Crippen molar-refractivity contribution in [1.29, 1.82) is 0 Å². The minimum Gasteiger partial charge on any atom is -0.350 e. The summed E-state index contributed by atoms with van der Waals surface area (Å²) in [6.45, 7) is 5.64. The van der Waals surface area contributed by atoms with Crippen LogP contribution in [0.4, 0.5) is 11.5 Å². The fourth-order valence-corrected chi connectivity index (χ4v) is 3.96. The number of rotatable bonds is 5. The first kappa shape index (κ1) is 22.3. The van der Waals surface area contributed by atoms with Crippen LogP contribution < -0.4 is 21.1 Å². The lowest BCUT2D eigenvalue weighted by molar-refractivity contribution is -0.117. The van der Waals surface area contributed by atoms with Gasteiger partial charge < -0.3 is 10.6 Å². The number of hydrogen-bond donors (Lipinski definition) is 2. The lowest BCUT2D eigenvalue weighted by atomic mass is 9.90. The van der Waals surface area contributed by atoms with Gasteiger partial charge in [-0.15, -0.1) is 0 Å². The second kappa shape index (κ2) is 9.18. The average molecular weight is 491 g/mol. The highest BCUT2D eigenvalue weighted by Gasteiger charge is 2.35. The zero-order chi connectivity index (χ0) is 22.0. The minimum atomic E-state index is -0.659. The van der Waals surface area contributed by atoms with Crippen molar-refractivity contribution in [1.82, 2.24) is 10.3 Å². The standard InChI is InChI=1S/C20H22BBrClN5O2/c1-10(2)25-19(29)13-8-12(21)7-11(3)17(13)26-20(30)15-9-16(22)27-28(15)18-14(23)5-4-6-24-18/h4-8,10,15H,9,21H2,1-3H3,(H,25,29)(H,26,30). The lowest BCUT2D eigenvalue weighted by Gasteiger charge is -2.24.